The summed E-state index contributed by atoms with van der Waals surface area (Å²) >= 11 is 5.53. The summed E-state index contributed by atoms with van der Waals surface area (Å²) < 4.78 is 10.0. The Hall–Kier alpha value is -1.50. The fourth-order valence-corrected chi connectivity index (χ4v) is 2.76. The number of hydrogen-bond donors (Lipinski definition) is 0. The minimum absolute atomic E-state index is 0.724. The predicted molar refractivity (Wildman–Crippen MR) is 84.6 cm³/mol. The van der Waals surface area contributed by atoms with Crippen LogP contribution < -0.4 is 0 Å². The van der Waals surface area contributed by atoms with Gasteiger partial charge < -0.3 is 9.30 Å². The SMILES string of the molecule is Cc1ccccc1-c1nn(CN2CCOCC2)c(=S)n1C. The first-order chi connectivity index (χ1) is 10.2. The summed E-state index contributed by atoms with van der Waals surface area (Å²) in [5.74, 6) is 0.923. The van der Waals surface area contributed by atoms with E-state index in [4.69, 9.17) is 22.1 Å². The fraction of sp³-hybridized carbons (Fsp3) is 0.467. The monoisotopic (exact) mass is 304 g/mol. The molecule has 0 aliphatic carbocycles. The molecule has 0 unspecified atom stereocenters. The van der Waals surface area contributed by atoms with E-state index in [9.17, 15) is 0 Å². The third kappa shape index (κ3) is 2.92. The Labute approximate surface area is 129 Å². The number of ether oxygens (including phenoxy) is 1. The molecule has 6 heteroatoms. The summed E-state index contributed by atoms with van der Waals surface area (Å²) in [6, 6.07) is 8.26. The van der Waals surface area contributed by atoms with Gasteiger partial charge in [0.2, 0.25) is 0 Å². The number of benzene rings is 1. The van der Waals surface area contributed by atoms with Crippen molar-refractivity contribution in [1.82, 2.24) is 19.2 Å². The van der Waals surface area contributed by atoms with E-state index < -0.39 is 0 Å². The molecule has 2 aromatic rings. The molecule has 0 spiro atoms. The molecule has 1 fully saturated rings. The van der Waals surface area contributed by atoms with Crippen molar-refractivity contribution in [2.24, 2.45) is 7.05 Å². The van der Waals surface area contributed by atoms with Gasteiger partial charge in [0.1, 0.15) is 0 Å². The number of morpholine rings is 1. The van der Waals surface area contributed by atoms with Crippen molar-refractivity contribution in [2.75, 3.05) is 26.3 Å². The van der Waals surface area contributed by atoms with Crippen molar-refractivity contribution in [3.05, 3.63) is 34.6 Å². The lowest BCUT2D eigenvalue weighted by atomic mass is 10.1. The van der Waals surface area contributed by atoms with Gasteiger partial charge in [-0.25, -0.2) is 4.68 Å². The molecule has 0 N–H and O–H groups in total. The van der Waals surface area contributed by atoms with E-state index in [2.05, 4.69) is 24.0 Å². The van der Waals surface area contributed by atoms with Crippen LogP contribution in [0.4, 0.5) is 0 Å². The van der Waals surface area contributed by atoms with Gasteiger partial charge in [-0.2, -0.15) is 5.10 Å². The summed E-state index contributed by atoms with van der Waals surface area (Å²) in [5.41, 5.74) is 2.34. The van der Waals surface area contributed by atoms with Gasteiger partial charge in [-0.15, -0.1) is 0 Å². The maximum atomic E-state index is 5.53. The maximum Gasteiger partial charge on any atom is 0.199 e. The molecule has 1 aliphatic heterocycles. The second-order valence-corrected chi connectivity index (χ2v) is 5.72. The van der Waals surface area contributed by atoms with Gasteiger partial charge in [0.25, 0.3) is 0 Å². The molecular weight excluding hydrogens is 284 g/mol. The normalized spacial score (nSPS) is 16.3. The average molecular weight is 304 g/mol. The zero-order chi connectivity index (χ0) is 14.8. The van der Waals surface area contributed by atoms with Gasteiger partial charge >= 0.3 is 0 Å². The highest BCUT2D eigenvalue weighted by Gasteiger charge is 2.15. The van der Waals surface area contributed by atoms with Gasteiger partial charge in [-0.3, -0.25) is 4.90 Å². The minimum Gasteiger partial charge on any atom is -0.379 e. The molecule has 0 atom stereocenters. The summed E-state index contributed by atoms with van der Waals surface area (Å²) in [6.45, 7) is 6.24. The molecule has 2 heterocycles. The highest BCUT2D eigenvalue weighted by Crippen LogP contribution is 2.21. The lowest BCUT2D eigenvalue weighted by Gasteiger charge is -2.26. The Morgan fingerprint density at radius 3 is 2.67 bits per heavy atom. The van der Waals surface area contributed by atoms with Crippen LogP contribution in [0.5, 0.6) is 0 Å². The molecule has 0 radical (unpaired) electrons. The van der Waals surface area contributed by atoms with Crippen molar-refractivity contribution in [1.29, 1.82) is 0 Å². The van der Waals surface area contributed by atoms with Gasteiger partial charge in [0.05, 0.1) is 19.9 Å². The number of nitrogens with zero attached hydrogens (tertiary/aromatic N) is 4. The highest BCUT2D eigenvalue weighted by atomic mass is 32.1. The molecule has 1 aliphatic rings. The lowest BCUT2D eigenvalue weighted by molar-refractivity contribution is 0.0210. The molecule has 0 bridgehead atoms. The highest BCUT2D eigenvalue weighted by molar-refractivity contribution is 7.71. The third-order valence-corrected chi connectivity index (χ3v) is 4.35. The number of hydrogen-bond acceptors (Lipinski definition) is 4. The molecule has 112 valence electrons. The van der Waals surface area contributed by atoms with E-state index in [1.807, 2.05) is 28.4 Å². The molecule has 3 rings (SSSR count). The van der Waals surface area contributed by atoms with Crippen LogP contribution in [0.15, 0.2) is 24.3 Å². The number of rotatable bonds is 3. The largest absolute Gasteiger partial charge is 0.379 e. The molecule has 21 heavy (non-hydrogen) atoms. The molecule has 0 amide bonds. The summed E-state index contributed by atoms with van der Waals surface area (Å²) in [5, 5.41) is 4.73. The minimum atomic E-state index is 0.724. The van der Waals surface area contributed by atoms with Crippen LogP contribution in [0.3, 0.4) is 0 Å². The van der Waals surface area contributed by atoms with Gasteiger partial charge in [-0.05, 0) is 24.7 Å². The van der Waals surface area contributed by atoms with Crippen LogP contribution in [0.1, 0.15) is 5.56 Å². The van der Waals surface area contributed by atoms with E-state index in [-0.39, 0.29) is 0 Å². The summed E-state index contributed by atoms with van der Waals surface area (Å²) in [6.07, 6.45) is 0. The van der Waals surface area contributed by atoms with E-state index in [1.165, 1.54) is 5.56 Å². The first-order valence-electron chi connectivity index (χ1n) is 7.17. The quantitative estimate of drug-likeness (QED) is 0.815. The molecule has 5 nitrogen and oxygen atoms in total. The van der Waals surface area contributed by atoms with Gasteiger partial charge in [0, 0.05) is 25.7 Å². The second-order valence-electron chi connectivity index (χ2n) is 5.35. The van der Waals surface area contributed by atoms with Crippen LogP contribution in [0.25, 0.3) is 11.4 Å². The Bertz CT molecular complexity index is 685. The number of aromatic nitrogens is 3. The van der Waals surface area contributed by atoms with Crippen molar-refractivity contribution >= 4 is 12.2 Å². The van der Waals surface area contributed by atoms with Crippen LogP contribution in [0.2, 0.25) is 0 Å². The first kappa shape index (κ1) is 14.4. The van der Waals surface area contributed by atoms with Crippen LogP contribution in [-0.4, -0.2) is 45.6 Å². The Morgan fingerprint density at radius 1 is 1.24 bits per heavy atom. The Balaban J connectivity index is 1.92. The second kappa shape index (κ2) is 6.09. The smallest absolute Gasteiger partial charge is 0.199 e. The number of aryl methyl sites for hydroxylation is 1. The predicted octanol–water partition coefficient (Wildman–Crippen LogP) is 2.22. The van der Waals surface area contributed by atoms with Crippen molar-refractivity contribution in [2.45, 2.75) is 13.6 Å². The van der Waals surface area contributed by atoms with E-state index in [1.54, 1.807) is 0 Å². The topological polar surface area (TPSA) is 35.2 Å². The molecule has 0 saturated carbocycles. The van der Waals surface area contributed by atoms with Crippen LogP contribution >= 0.6 is 12.2 Å². The van der Waals surface area contributed by atoms with Crippen LogP contribution in [0, 0.1) is 11.7 Å². The van der Waals surface area contributed by atoms with E-state index in [0.717, 1.165) is 49.1 Å². The van der Waals surface area contributed by atoms with E-state index >= 15 is 0 Å². The van der Waals surface area contributed by atoms with Crippen molar-refractivity contribution in [3.63, 3.8) is 0 Å². The molecule has 1 aromatic heterocycles. The van der Waals surface area contributed by atoms with Crippen LogP contribution in [-0.2, 0) is 18.5 Å². The molecule has 1 saturated heterocycles. The summed E-state index contributed by atoms with van der Waals surface area (Å²) in [7, 11) is 1.98. The fourth-order valence-electron chi connectivity index (χ4n) is 2.57. The molecular formula is C15H20N4OS. The average Bonchev–Trinajstić information content (AvgIpc) is 2.77. The van der Waals surface area contributed by atoms with Gasteiger partial charge in [0.15, 0.2) is 10.6 Å². The maximum absolute atomic E-state index is 5.53. The van der Waals surface area contributed by atoms with E-state index in [0.29, 0.717) is 0 Å². The Morgan fingerprint density at radius 2 is 1.95 bits per heavy atom. The Kier molecular flexibility index (Phi) is 4.19. The summed E-state index contributed by atoms with van der Waals surface area (Å²) in [4.78, 5) is 2.31. The standard InChI is InChI=1S/C15H20N4OS/c1-12-5-3-4-6-13(12)14-16-19(15(21)17(14)2)11-18-7-9-20-10-8-18/h3-6H,7-11H2,1-2H3. The zero-order valence-electron chi connectivity index (χ0n) is 12.5. The van der Waals surface area contributed by atoms with Crippen molar-refractivity contribution in [3.8, 4) is 11.4 Å². The molecule has 1 aromatic carbocycles. The zero-order valence-corrected chi connectivity index (χ0v) is 13.3. The first-order valence-corrected chi connectivity index (χ1v) is 7.57. The third-order valence-electron chi connectivity index (χ3n) is 3.86. The van der Waals surface area contributed by atoms with Gasteiger partial charge in [-0.1, -0.05) is 24.3 Å². The lowest BCUT2D eigenvalue weighted by Crippen LogP contribution is -2.37. The van der Waals surface area contributed by atoms with Crippen molar-refractivity contribution < 1.29 is 4.74 Å².